The van der Waals surface area contributed by atoms with Gasteiger partial charge in [-0.15, -0.1) is 0 Å². The fourth-order valence-electron chi connectivity index (χ4n) is 1.84. The molecule has 0 spiro atoms. The SMILES string of the molecule is CCC(C)Cn1cnc2c(O)c(Cl)cc(Cl)c2c1=O. The molecule has 2 aromatic rings. The highest BCUT2D eigenvalue weighted by Gasteiger charge is 2.15. The van der Waals surface area contributed by atoms with Gasteiger partial charge in [0.15, 0.2) is 5.75 Å². The van der Waals surface area contributed by atoms with Crippen molar-refractivity contribution >= 4 is 34.1 Å². The number of phenolic OH excluding ortho intramolecular Hbond substituents is 1. The summed E-state index contributed by atoms with van der Waals surface area (Å²) in [5, 5.41) is 10.3. The Morgan fingerprint density at radius 3 is 2.74 bits per heavy atom. The zero-order valence-corrected chi connectivity index (χ0v) is 12.2. The summed E-state index contributed by atoms with van der Waals surface area (Å²) in [5.74, 6) is 0.144. The van der Waals surface area contributed by atoms with Crippen molar-refractivity contribution in [2.75, 3.05) is 0 Å². The van der Waals surface area contributed by atoms with Crippen molar-refractivity contribution in [3.63, 3.8) is 0 Å². The average Bonchev–Trinajstić information content (AvgIpc) is 2.38. The van der Waals surface area contributed by atoms with Crippen LogP contribution in [0.5, 0.6) is 5.75 Å². The van der Waals surface area contributed by atoms with Gasteiger partial charge in [-0.25, -0.2) is 4.98 Å². The highest BCUT2D eigenvalue weighted by molar-refractivity contribution is 6.39. The zero-order chi connectivity index (χ0) is 14.2. The van der Waals surface area contributed by atoms with Gasteiger partial charge in [0.2, 0.25) is 0 Å². The number of hydrogen-bond acceptors (Lipinski definition) is 3. The second-order valence-corrected chi connectivity index (χ2v) is 5.44. The molecule has 0 saturated heterocycles. The van der Waals surface area contributed by atoms with Crippen LogP contribution in [0.3, 0.4) is 0 Å². The molecule has 1 heterocycles. The molecule has 4 nitrogen and oxygen atoms in total. The maximum Gasteiger partial charge on any atom is 0.262 e. The maximum atomic E-state index is 12.3. The summed E-state index contributed by atoms with van der Waals surface area (Å²) in [6, 6.07) is 1.36. The second-order valence-electron chi connectivity index (χ2n) is 4.63. The highest BCUT2D eigenvalue weighted by Crippen LogP contribution is 2.34. The Hall–Kier alpha value is -1.26. The highest BCUT2D eigenvalue weighted by atomic mass is 35.5. The molecule has 0 bridgehead atoms. The van der Waals surface area contributed by atoms with E-state index < -0.39 is 0 Å². The summed E-state index contributed by atoms with van der Waals surface area (Å²) in [7, 11) is 0. The molecule has 1 N–H and O–H groups in total. The van der Waals surface area contributed by atoms with Crippen molar-refractivity contribution in [2.45, 2.75) is 26.8 Å². The minimum atomic E-state index is -0.262. The van der Waals surface area contributed by atoms with Crippen molar-refractivity contribution in [3.8, 4) is 5.75 Å². The average molecular weight is 301 g/mol. The van der Waals surface area contributed by atoms with E-state index in [2.05, 4.69) is 18.8 Å². The van der Waals surface area contributed by atoms with Gasteiger partial charge < -0.3 is 5.11 Å². The van der Waals surface area contributed by atoms with E-state index >= 15 is 0 Å². The number of benzene rings is 1. The van der Waals surface area contributed by atoms with Crippen molar-refractivity contribution < 1.29 is 5.11 Å². The number of phenols is 1. The fourth-order valence-corrected chi connectivity index (χ4v) is 2.38. The third-order valence-electron chi connectivity index (χ3n) is 3.19. The molecular formula is C13H14Cl2N2O2. The van der Waals surface area contributed by atoms with Gasteiger partial charge in [-0.05, 0) is 12.0 Å². The van der Waals surface area contributed by atoms with Gasteiger partial charge in [0.1, 0.15) is 5.52 Å². The molecule has 6 heteroatoms. The van der Waals surface area contributed by atoms with Crippen LogP contribution in [-0.2, 0) is 6.54 Å². The molecule has 0 radical (unpaired) electrons. The lowest BCUT2D eigenvalue weighted by Gasteiger charge is -2.12. The van der Waals surface area contributed by atoms with Crippen LogP contribution >= 0.6 is 23.2 Å². The van der Waals surface area contributed by atoms with Crippen LogP contribution in [-0.4, -0.2) is 14.7 Å². The number of aromatic nitrogens is 2. The first-order valence-corrected chi connectivity index (χ1v) is 6.77. The monoisotopic (exact) mass is 300 g/mol. The van der Waals surface area contributed by atoms with E-state index in [4.69, 9.17) is 23.2 Å². The largest absolute Gasteiger partial charge is 0.504 e. The summed E-state index contributed by atoms with van der Waals surface area (Å²) in [6.45, 7) is 4.68. The van der Waals surface area contributed by atoms with Gasteiger partial charge in [-0.1, -0.05) is 43.5 Å². The zero-order valence-electron chi connectivity index (χ0n) is 10.7. The van der Waals surface area contributed by atoms with Gasteiger partial charge in [-0.3, -0.25) is 9.36 Å². The summed E-state index contributed by atoms with van der Waals surface area (Å²) in [5.41, 5.74) is -0.120. The Morgan fingerprint density at radius 2 is 2.11 bits per heavy atom. The Balaban J connectivity index is 2.69. The number of hydrogen-bond donors (Lipinski definition) is 1. The molecule has 1 aromatic carbocycles. The third kappa shape index (κ3) is 2.55. The summed E-state index contributed by atoms with van der Waals surface area (Å²) in [4.78, 5) is 16.4. The Labute approximate surface area is 120 Å². The molecule has 0 fully saturated rings. The lowest BCUT2D eigenvalue weighted by molar-refractivity contribution is 0.456. The number of halogens is 2. The van der Waals surface area contributed by atoms with Crippen LogP contribution in [0.15, 0.2) is 17.2 Å². The molecule has 0 amide bonds. The van der Waals surface area contributed by atoms with Crippen LogP contribution in [0.2, 0.25) is 10.0 Å². The quantitative estimate of drug-likeness (QED) is 0.944. The summed E-state index contributed by atoms with van der Waals surface area (Å²) < 4.78 is 1.51. The molecule has 19 heavy (non-hydrogen) atoms. The van der Waals surface area contributed by atoms with Crippen molar-refractivity contribution in [3.05, 3.63) is 32.8 Å². The Bertz CT molecular complexity index is 682. The first-order chi connectivity index (χ1) is 8.95. The molecule has 2 rings (SSSR count). The van der Waals surface area contributed by atoms with E-state index in [0.717, 1.165) is 6.42 Å². The minimum absolute atomic E-state index is 0.0871. The lowest BCUT2D eigenvalue weighted by atomic mass is 10.1. The number of rotatable bonds is 3. The standard InChI is InChI=1S/C13H14Cl2N2O2/c1-3-7(2)5-17-6-16-11-10(13(17)19)8(14)4-9(15)12(11)18/h4,6-7,18H,3,5H2,1-2H3. The molecule has 0 aliphatic rings. The van der Waals surface area contributed by atoms with E-state index in [1.165, 1.54) is 17.0 Å². The molecule has 102 valence electrons. The smallest absolute Gasteiger partial charge is 0.262 e. The van der Waals surface area contributed by atoms with E-state index in [1.54, 1.807) is 0 Å². The van der Waals surface area contributed by atoms with Crippen LogP contribution in [0.4, 0.5) is 0 Å². The van der Waals surface area contributed by atoms with Crippen molar-refractivity contribution in [1.82, 2.24) is 9.55 Å². The van der Waals surface area contributed by atoms with Gasteiger partial charge in [-0.2, -0.15) is 0 Å². The molecule has 1 unspecified atom stereocenters. The summed E-state index contributed by atoms with van der Waals surface area (Å²) >= 11 is 11.8. The number of aromatic hydroxyl groups is 1. The van der Waals surface area contributed by atoms with E-state index in [0.29, 0.717) is 12.5 Å². The van der Waals surface area contributed by atoms with Crippen molar-refractivity contribution in [1.29, 1.82) is 0 Å². The van der Waals surface area contributed by atoms with Gasteiger partial charge in [0.05, 0.1) is 21.8 Å². The van der Waals surface area contributed by atoms with Crippen LogP contribution in [0, 0.1) is 5.92 Å². The topological polar surface area (TPSA) is 55.1 Å². The fraction of sp³-hybridized carbons (Fsp3) is 0.385. The maximum absolute atomic E-state index is 12.3. The lowest BCUT2D eigenvalue weighted by Crippen LogP contribution is -2.23. The Kier molecular flexibility index (Phi) is 4.02. The Morgan fingerprint density at radius 1 is 1.42 bits per heavy atom. The normalized spacial score (nSPS) is 12.8. The molecule has 0 saturated carbocycles. The third-order valence-corrected chi connectivity index (χ3v) is 3.77. The minimum Gasteiger partial charge on any atom is -0.504 e. The summed E-state index contributed by atoms with van der Waals surface area (Å²) in [6.07, 6.45) is 2.38. The first-order valence-electron chi connectivity index (χ1n) is 6.01. The molecular weight excluding hydrogens is 287 g/mol. The van der Waals surface area contributed by atoms with E-state index in [9.17, 15) is 9.90 Å². The predicted molar refractivity (Wildman–Crippen MR) is 77.1 cm³/mol. The number of fused-ring (bicyclic) bond motifs is 1. The van der Waals surface area contributed by atoms with Gasteiger partial charge in [0, 0.05) is 6.54 Å². The van der Waals surface area contributed by atoms with E-state index in [1.807, 2.05) is 0 Å². The van der Waals surface area contributed by atoms with Crippen LogP contribution < -0.4 is 5.56 Å². The first kappa shape index (κ1) is 14.2. The van der Waals surface area contributed by atoms with Gasteiger partial charge in [0.25, 0.3) is 5.56 Å². The van der Waals surface area contributed by atoms with Gasteiger partial charge >= 0.3 is 0 Å². The molecule has 0 aliphatic heterocycles. The molecule has 1 aromatic heterocycles. The van der Waals surface area contributed by atoms with Crippen molar-refractivity contribution in [2.24, 2.45) is 5.92 Å². The predicted octanol–water partition coefficient (Wildman–Crippen LogP) is 3.46. The van der Waals surface area contributed by atoms with Crippen LogP contribution in [0.1, 0.15) is 20.3 Å². The van der Waals surface area contributed by atoms with E-state index in [-0.39, 0.29) is 32.3 Å². The molecule has 0 aliphatic carbocycles. The number of nitrogens with zero attached hydrogens (tertiary/aromatic N) is 2. The van der Waals surface area contributed by atoms with Crippen LogP contribution in [0.25, 0.3) is 10.9 Å². The molecule has 1 atom stereocenters. The second kappa shape index (κ2) is 5.39.